The number of hydrogen-bond donors (Lipinski definition) is 3. The summed E-state index contributed by atoms with van der Waals surface area (Å²) in [6.45, 7) is 3.43. The summed E-state index contributed by atoms with van der Waals surface area (Å²) in [6.07, 6.45) is 0.870. The lowest BCUT2D eigenvalue weighted by Crippen LogP contribution is -2.71. The number of carbonyl (C=O) groups is 6. The molecule has 0 bridgehead atoms. The van der Waals surface area contributed by atoms with Crippen molar-refractivity contribution in [1.29, 1.82) is 0 Å². The highest BCUT2D eigenvalue weighted by Gasteiger charge is 2.54. The van der Waals surface area contributed by atoms with Crippen LogP contribution in [0.3, 0.4) is 0 Å². The molecule has 1 unspecified atom stereocenters. The fourth-order valence-electron chi connectivity index (χ4n) is 5.84. The van der Waals surface area contributed by atoms with Crippen molar-refractivity contribution in [3.63, 3.8) is 0 Å². The number of β-lactam (4-membered cyclic amide) rings is 1. The van der Waals surface area contributed by atoms with Crippen LogP contribution in [0.25, 0.3) is 11.0 Å². The van der Waals surface area contributed by atoms with Crippen LogP contribution in [-0.4, -0.2) is 114 Å². The van der Waals surface area contributed by atoms with Crippen LogP contribution in [0.15, 0.2) is 74.4 Å². The summed E-state index contributed by atoms with van der Waals surface area (Å²) < 4.78 is 17.3. The Morgan fingerprint density at radius 1 is 1.07 bits per heavy atom. The Kier molecular flexibility index (Phi) is 11.9. The predicted molar refractivity (Wildman–Crippen MR) is 199 cm³/mol. The molecule has 19 nitrogen and oxygen atoms in total. The first-order chi connectivity index (χ1) is 26.7. The normalized spacial score (nSPS) is 16.9. The highest BCUT2D eigenvalue weighted by molar-refractivity contribution is 8.01. The zero-order valence-electron chi connectivity index (χ0n) is 30.2. The van der Waals surface area contributed by atoms with Crippen molar-refractivity contribution < 1.29 is 47.8 Å². The van der Waals surface area contributed by atoms with E-state index in [0.29, 0.717) is 29.4 Å². The Labute approximate surface area is 325 Å². The van der Waals surface area contributed by atoms with Crippen molar-refractivity contribution in [2.45, 2.75) is 43.0 Å². The van der Waals surface area contributed by atoms with E-state index < -0.39 is 64.1 Å². The molecule has 4 aromatic rings. The Bertz CT molecular complexity index is 2330. The monoisotopic (exact) mass is 806 g/mol. The number of hydrogen-bond acceptors (Lipinski definition) is 16. The van der Waals surface area contributed by atoms with Crippen molar-refractivity contribution in [3.05, 3.63) is 81.3 Å². The number of benzene rings is 2. The standard InChI is InChI=1S/C35H34N8O11S2/c1-17(44)53-24-12-21-23(13-25(24)54-18(2)45)52-14-22(29(21)46)30(47)36-26(19-8-6-5-7-9-19)31(48)37-27-32(49)43-28(34(50)51)20(15-55-33(27)43)16-56-35-38-39-40-42(35)11-10-41(3)4/h5-9,12-14,26-27,33H,10-11,15-16H2,1-4H3,(H,36,47)(H,37,48)(H,50,51)/t26?,27-,33+/m1/s1. The predicted octanol–water partition coefficient (Wildman–Crippen LogP) is 1.19. The fraction of sp³-hybridized carbons (Fsp3) is 0.314. The number of fused-ring (bicyclic) bond motifs is 2. The number of esters is 2. The third-order valence-corrected chi connectivity index (χ3v) is 10.8. The third-order valence-electron chi connectivity index (χ3n) is 8.44. The number of carboxylic acid groups (broad SMARTS) is 1. The fourth-order valence-corrected chi connectivity index (χ4v) is 8.22. The number of carbonyl (C=O) groups excluding carboxylic acids is 5. The number of aromatic nitrogens is 4. The number of carboxylic acids is 1. The first-order valence-electron chi connectivity index (χ1n) is 16.8. The lowest BCUT2D eigenvalue weighted by Gasteiger charge is -2.49. The van der Waals surface area contributed by atoms with Crippen LogP contribution in [0.4, 0.5) is 0 Å². The van der Waals surface area contributed by atoms with Crippen molar-refractivity contribution >= 4 is 70.1 Å². The lowest BCUT2D eigenvalue weighted by atomic mass is 10.0. The molecule has 3 amide bonds. The summed E-state index contributed by atoms with van der Waals surface area (Å²) in [5.74, 6) is -5.30. The quantitative estimate of drug-likeness (QED) is 0.0701. The van der Waals surface area contributed by atoms with Crippen LogP contribution >= 0.6 is 23.5 Å². The average molecular weight is 807 g/mol. The summed E-state index contributed by atoms with van der Waals surface area (Å²) in [6, 6.07) is 7.76. The molecule has 56 heavy (non-hydrogen) atoms. The molecule has 2 aliphatic rings. The Hall–Kier alpha value is -6.06. The molecule has 4 heterocycles. The van der Waals surface area contributed by atoms with Gasteiger partial charge in [0, 0.05) is 38.0 Å². The molecule has 6 rings (SSSR count). The number of tetrazole rings is 1. The minimum absolute atomic E-state index is 0.0917. The molecular weight excluding hydrogens is 773 g/mol. The van der Waals surface area contributed by atoms with Gasteiger partial charge in [0.1, 0.15) is 40.6 Å². The number of thioether (sulfide) groups is 2. The molecule has 2 aromatic carbocycles. The molecule has 1 fully saturated rings. The maximum atomic E-state index is 13.9. The van der Waals surface area contributed by atoms with E-state index in [0.717, 1.165) is 37.1 Å². The first kappa shape index (κ1) is 39.6. The molecule has 2 aromatic heterocycles. The van der Waals surface area contributed by atoms with Crippen molar-refractivity contribution in [2.24, 2.45) is 0 Å². The van der Waals surface area contributed by atoms with E-state index in [1.165, 1.54) is 23.5 Å². The molecule has 21 heteroatoms. The van der Waals surface area contributed by atoms with Crippen molar-refractivity contribution in [1.82, 2.24) is 40.6 Å². The van der Waals surface area contributed by atoms with Crippen molar-refractivity contribution in [3.8, 4) is 11.5 Å². The number of ether oxygens (including phenoxy) is 2. The van der Waals surface area contributed by atoms with Gasteiger partial charge in [0.25, 0.3) is 11.8 Å². The molecule has 2 aliphatic heterocycles. The summed E-state index contributed by atoms with van der Waals surface area (Å²) in [4.78, 5) is 93.6. The molecule has 0 spiro atoms. The van der Waals surface area contributed by atoms with Gasteiger partial charge in [-0.25, -0.2) is 9.48 Å². The minimum atomic E-state index is -1.42. The van der Waals surface area contributed by atoms with Gasteiger partial charge in [-0.15, -0.1) is 16.9 Å². The average Bonchev–Trinajstić information content (AvgIpc) is 3.61. The number of amides is 3. The summed E-state index contributed by atoms with van der Waals surface area (Å²) in [7, 11) is 3.83. The summed E-state index contributed by atoms with van der Waals surface area (Å²) >= 11 is 2.52. The molecular formula is C35H34N8O11S2. The number of rotatable bonds is 14. The largest absolute Gasteiger partial charge is 0.477 e. The third kappa shape index (κ3) is 8.43. The topological polar surface area (TPSA) is 245 Å². The zero-order valence-corrected chi connectivity index (χ0v) is 31.8. The number of nitrogens with zero attached hydrogens (tertiary/aromatic N) is 6. The zero-order chi connectivity index (χ0) is 40.3. The van der Waals surface area contributed by atoms with E-state index in [1.54, 1.807) is 35.0 Å². The molecule has 3 N–H and O–H groups in total. The van der Waals surface area contributed by atoms with E-state index in [9.17, 15) is 38.7 Å². The molecule has 292 valence electrons. The van der Waals surface area contributed by atoms with Gasteiger partial charge in [0.05, 0.1) is 11.9 Å². The highest BCUT2D eigenvalue weighted by atomic mass is 32.2. The van der Waals surface area contributed by atoms with Crippen LogP contribution in [0.5, 0.6) is 11.5 Å². The molecule has 1 saturated heterocycles. The van der Waals surface area contributed by atoms with Crippen LogP contribution in [-0.2, 0) is 30.5 Å². The van der Waals surface area contributed by atoms with E-state index in [2.05, 4.69) is 26.2 Å². The van der Waals surface area contributed by atoms with Crippen LogP contribution in [0.1, 0.15) is 35.8 Å². The van der Waals surface area contributed by atoms with Gasteiger partial charge in [0.2, 0.25) is 16.5 Å². The van der Waals surface area contributed by atoms with Gasteiger partial charge >= 0.3 is 17.9 Å². The van der Waals surface area contributed by atoms with Crippen LogP contribution in [0.2, 0.25) is 0 Å². The van der Waals surface area contributed by atoms with Gasteiger partial charge in [-0.3, -0.25) is 33.7 Å². The maximum absolute atomic E-state index is 13.9. The van der Waals surface area contributed by atoms with E-state index in [1.807, 2.05) is 19.0 Å². The summed E-state index contributed by atoms with van der Waals surface area (Å²) in [5, 5.41) is 26.7. The van der Waals surface area contributed by atoms with Crippen LogP contribution < -0.4 is 25.5 Å². The second kappa shape index (κ2) is 16.8. The van der Waals surface area contributed by atoms with E-state index >= 15 is 0 Å². The van der Waals surface area contributed by atoms with Gasteiger partial charge in [0.15, 0.2) is 11.5 Å². The van der Waals surface area contributed by atoms with Crippen molar-refractivity contribution in [2.75, 3.05) is 32.1 Å². The molecule has 0 saturated carbocycles. The number of aliphatic carboxylic acids is 1. The maximum Gasteiger partial charge on any atom is 0.352 e. The summed E-state index contributed by atoms with van der Waals surface area (Å²) in [5.41, 5.74) is -0.848. The molecule has 0 radical (unpaired) electrons. The van der Waals surface area contributed by atoms with Gasteiger partial charge in [-0.2, -0.15) is 0 Å². The number of likely N-dealkylation sites (N-methyl/N-ethyl adjacent to an activating group) is 1. The van der Waals surface area contributed by atoms with Crippen LogP contribution in [0, 0.1) is 0 Å². The van der Waals surface area contributed by atoms with Gasteiger partial charge in [-0.1, -0.05) is 42.1 Å². The smallest absolute Gasteiger partial charge is 0.352 e. The SMILES string of the molecule is CC(=O)Oc1cc2occ(C(=O)NC(C(=O)N[C@@H]3C(=O)N4C(C(=O)O)=C(CSc5nnnn5CCN(C)C)CS[C@@H]34)c3ccccc3)c(=O)c2cc1OC(C)=O. The lowest BCUT2D eigenvalue weighted by molar-refractivity contribution is -0.151. The first-order valence-corrected chi connectivity index (χ1v) is 18.8. The van der Waals surface area contributed by atoms with E-state index in [4.69, 9.17) is 13.9 Å². The van der Waals surface area contributed by atoms with E-state index in [-0.39, 0.29) is 39.7 Å². The Morgan fingerprint density at radius 2 is 1.77 bits per heavy atom. The highest BCUT2D eigenvalue weighted by Crippen LogP contribution is 2.42. The number of nitrogens with one attached hydrogen (secondary N) is 2. The molecule has 3 atom stereocenters. The second-order valence-electron chi connectivity index (χ2n) is 12.7. The minimum Gasteiger partial charge on any atom is -0.477 e. The van der Waals surface area contributed by atoms with Gasteiger partial charge < -0.3 is 34.5 Å². The Balaban J connectivity index is 1.20. The molecule has 0 aliphatic carbocycles. The second-order valence-corrected chi connectivity index (χ2v) is 14.8. The van der Waals surface area contributed by atoms with Gasteiger partial charge in [-0.05, 0) is 41.7 Å². The Morgan fingerprint density at radius 3 is 2.43 bits per heavy atom.